The van der Waals surface area contributed by atoms with E-state index in [9.17, 15) is 9.90 Å². The number of carboxylic acid groups (broad SMARTS) is 1. The van der Waals surface area contributed by atoms with Crippen LogP contribution in [0.2, 0.25) is 5.02 Å². The van der Waals surface area contributed by atoms with Gasteiger partial charge in [-0.1, -0.05) is 29.8 Å². The van der Waals surface area contributed by atoms with E-state index in [1.165, 1.54) is 23.1 Å². The number of benzene rings is 1. The summed E-state index contributed by atoms with van der Waals surface area (Å²) in [4.78, 5) is 19.8. The highest BCUT2D eigenvalue weighted by atomic mass is 35.5. The van der Waals surface area contributed by atoms with Crippen molar-refractivity contribution in [2.24, 2.45) is 0 Å². The van der Waals surface area contributed by atoms with Crippen LogP contribution in [0.1, 0.15) is 10.4 Å². The van der Waals surface area contributed by atoms with Crippen LogP contribution in [0.4, 0.5) is 11.6 Å². The Balaban J connectivity index is 1.96. The fourth-order valence-electron chi connectivity index (χ4n) is 2.21. The maximum atomic E-state index is 11.4. The van der Waals surface area contributed by atoms with E-state index in [1.807, 2.05) is 6.07 Å². The second-order valence-electron chi connectivity index (χ2n) is 4.95. The summed E-state index contributed by atoms with van der Waals surface area (Å²) in [5, 5.41) is 25.2. The topological polar surface area (TPSA) is 117 Å². The number of halogens is 1. The highest BCUT2D eigenvalue weighted by molar-refractivity contribution is 6.33. The van der Waals surface area contributed by atoms with E-state index in [-0.39, 0.29) is 23.1 Å². The lowest BCUT2D eigenvalue weighted by atomic mass is 10.0. The van der Waals surface area contributed by atoms with Gasteiger partial charge < -0.3 is 10.4 Å². The monoisotopic (exact) mass is 354 g/mol. The summed E-state index contributed by atoms with van der Waals surface area (Å²) in [6.07, 6.45) is 4.55. The molecule has 0 saturated carbocycles. The smallest absolute Gasteiger partial charge is 0.336 e. The van der Waals surface area contributed by atoms with Crippen LogP contribution in [0.5, 0.6) is 0 Å². The van der Waals surface area contributed by atoms with Gasteiger partial charge in [0.05, 0.1) is 40.4 Å². The van der Waals surface area contributed by atoms with Crippen LogP contribution >= 0.6 is 11.6 Å². The van der Waals surface area contributed by atoms with Gasteiger partial charge in [-0.3, -0.25) is 4.68 Å². The molecule has 0 spiro atoms. The molecule has 0 aliphatic rings. The molecule has 124 valence electrons. The highest BCUT2D eigenvalue weighted by Crippen LogP contribution is 2.29. The van der Waals surface area contributed by atoms with E-state index in [0.717, 1.165) is 0 Å². The lowest BCUT2D eigenvalue weighted by Crippen LogP contribution is -2.03. The second-order valence-corrected chi connectivity index (χ2v) is 5.36. The maximum Gasteiger partial charge on any atom is 0.336 e. The van der Waals surface area contributed by atoms with Gasteiger partial charge in [0.25, 0.3) is 0 Å². The number of carboxylic acids is 1. The number of hydrogen-bond acceptors (Lipinski definition) is 6. The minimum Gasteiger partial charge on any atom is -0.478 e. The number of nitriles is 1. The molecule has 0 fully saturated rings. The summed E-state index contributed by atoms with van der Waals surface area (Å²) in [7, 11) is 0. The van der Waals surface area contributed by atoms with Crippen LogP contribution in [-0.2, 0) is 6.54 Å². The number of nitrogens with one attached hydrogen (secondary N) is 1. The molecule has 0 bridgehead atoms. The zero-order valence-corrected chi connectivity index (χ0v) is 13.5. The van der Waals surface area contributed by atoms with Crippen molar-refractivity contribution in [3.8, 4) is 17.3 Å². The number of aromatic carboxylic acids is 1. The van der Waals surface area contributed by atoms with E-state index in [4.69, 9.17) is 16.9 Å². The molecule has 0 unspecified atom stereocenters. The summed E-state index contributed by atoms with van der Waals surface area (Å²) >= 11 is 6.16. The van der Waals surface area contributed by atoms with Gasteiger partial charge >= 0.3 is 5.97 Å². The van der Waals surface area contributed by atoms with Gasteiger partial charge in [0.1, 0.15) is 6.54 Å². The molecule has 0 radical (unpaired) electrons. The predicted molar refractivity (Wildman–Crippen MR) is 90.6 cm³/mol. The van der Waals surface area contributed by atoms with Gasteiger partial charge in [0.15, 0.2) is 0 Å². The van der Waals surface area contributed by atoms with Crippen LogP contribution < -0.4 is 5.32 Å². The lowest BCUT2D eigenvalue weighted by molar-refractivity contribution is 0.0697. The van der Waals surface area contributed by atoms with Crippen LogP contribution in [-0.4, -0.2) is 30.8 Å². The molecule has 2 aromatic heterocycles. The molecule has 8 nitrogen and oxygen atoms in total. The van der Waals surface area contributed by atoms with Crippen LogP contribution in [0, 0.1) is 11.3 Å². The van der Waals surface area contributed by atoms with Gasteiger partial charge in [-0.15, -0.1) is 0 Å². The predicted octanol–water partition coefficient (Wildman–Crippen LogP) is 2.96. The summed E-state index contributed by atoms with van der Waals surface area (Å²) in [6.45, 7) is 0.125. The van der Waals surface area contributed by atoms with Crippen LogP contribution in [0.25, 0.3) is 11.3 Å². The van der Waals surface area contributed by atoms with Gasteiger partial charge in [-0.25, -0.2) is 14.8 Å². The van der Waals surface area contributed by atoms with Gasteiger partial charge in [0.2, 0.25) is 5.95 Å². The standard InChI is InChI=1S/C16H11ClN6O2/c17-13-8-19-16(21-10-7-20-23(9-10)6-5-18)22-14(13)11-3-1-2-4-12(11)15(24)25/h1-4,7-9H,6H2,(H,24,25)(H,19,21,22). The van der Waals surface area contributed by atoms with Crippen molar-refractivity contribution in [2.45, 2.75) is 6.54 Å². The Hall–Kier alpha value is -3.44. The molecule has 3 rings (SSSR count). The quantitative estimate of drug-likeness (QED) is 0.723. The number of nitrogens with zero attached hydrogens (tertiary/aromatic N) is 5. The van der Waals surface area contributed by atoms with Gasteiger partial charge in [-0.2, -0.15) is 10.4 Å². The minimum absolute atomic E-state index is 0.0934. The van der Waals surface area contributed by atoms with E-state index < -0.39 is 5.97 Å². The van der Waals surface area contributed by atoms with Gasteiger partial charge in [-0.05, 0) is 6.07 Å². The third kappa shape index (κ3) is 3.57. The first kappa shape index (κ1) is 16.4. The maximum absolute atomic E-state index is 11.4. The second kappa shape index (κ2) is 6.98. The highest BCUT2D eigenvalue weighted by Gasteiger charge is 2.16. The molecular formula is C16H11ClN6O2. The largest absolute Gasteiger partial charge is 0.478 e. The average molecular weight is 355 g/mol. The lowest BCUT2D eigenvalue weighted by Gasteiger charge is -2.09. The molecule has 3 aromatic rings. The van der Waals surface area contributed by atoms with Crippen molar-refractivity contribution in [2.75, 3.05) is 5.32 Å². The Kier molecular flexibility index (Phi) is 4.59. The normalized spacial score (nSPS) is 10.2. The van der Waals surface area contributed by atoms with Crippen molar-refractivity contribution in [1.82, 2.24) is 19.7 Å². The number of anilines is 2. The van der Waals surface area contributed by atoms with E-state index in [2.05, 4.69) is 20.4 Å². The fraction of sp³-hybridized carbons (Fsp3) is 0.0625. The number of aromatic nitrogens is 4. The zero-order chi connectivity index (χ0) is 17.8. The van der Waals surface area contributed by atoms with Gasteiger partial charge in [0, 0.05) is 11.8 Å². The molecule has 2 heterocycles. The molecular weight excluding hydrogens is 344 g/mol. The Morgan fingerprint density at radius 3 is 2.92 bits per heavy atom. The van der Waals surface area contributed by atoms with E-state index in [0.29, 0.717) is 16.9 Å². The third-order valence-corrected chi connectivity index (χ3v) is 3.56. The van der Waals surface area contributed by atoms with E-state index in [1.54, 1.807) is 24.4 Å². The third-order valence-electron chi connectivity index (χ3n) is 3.28. The van der Waals surface area contributed by atoms with Crippen LogP contribution in [0.15, 0.2) is 42.9 Å². The number of hydrogen-bond donors (Lipinski definition) is 2. The van der Waals surface area contributed by atoms with Crippen LogP contribution in [0.3, 0.4) is 0 Å². The van der Waals surface area contributed by atoms with Crippen molar-refractivity contribution < 1.29 is 9.90 Å². The summed E-state index contributed by atoms with van der Waals surface area (Å²) in [5.74, 6) is -0.839. The molecule has 0 saturated heterocycles. The van der Waals surface area contributed by atoms with E-state index >= 15 is 0 Å². The SMILES string of the molecule is N#CCn1cc(Nc2ncc(Cl)c(-c3ccccc3C(=O)O)n2)cn1. The Morgan fingerprint density at radius 2 is 2.16 bits per heavy atom. The molecule has 2 N–H and O–H groups in total. The summed E-state index contributed by atoms with van der Waals surface area (Å²) in [5.41, 5.74) is 1.39. The molecule has 1 aromatic carbocycles. The Bertz CT molecular complexity index is 979. The first-order chi connectivity index (χ1) is 12.1. The molecule has 0 aliphatic carbocycles. The minimum atomic E-state index is -1.07. The summed E-state index contributed by atoms with van der Waals surface area (Å²) in [6, 6.07) is 8.43. The van der Waals surface area contributed by atoms with Crippen molar-refractivity contribution in [1.29, 1.82) is 5.26 Å². The Morgan fingerprint density at radius 1 is 1.36 bits per heavy atom. The van der Waals surface area contributed by atoms with Crippen molar-refractivity contribution in [3.05, 3.63) is 53.4 Å². The average Bonchev–Trinajstić information content (AvgIpc) is 3.04. The number of carbonyl (C=O) groups is 1. The molecule has 25 heavy (non-hydrogen) atoms. The molecule has 0 amide bonds. The molecule has 0 atom stereocenters. The zero-order valence-electron chi connectivity index (χ0n) is 12.7. The van der Waals surface area contributed by atoms with Crippen molar-refractivity contribution in [3.63, 3.8) is 0 Å². The first-order valence-corrected chi connectivity index (χ1v) is 7.48. The number of rotatable bonds is 5. The van der Waals surface area contributed by atoms with Crippen molar-refractivity contribution >= 4 is 29.2 Å². The summed E-state index contributed by atoms with van der Waals surface area (Å²) < 4.78 is 1.46. The Labute approximate surface area is 147 Å². The molecule has 0 aliphatic heterocycles. The first-order valence-electron chi connectivity index (χ1n) is 7.10. The molecule has 9 heteroatoms. The fourth-order valence-corrected chi connectivity index (χ4v) is 2.40.